The number of hydrogen-bond acceptors (Lipinski definition) is 2. The first-order valence-corrected chi connectivity index (χ1v) is 10.0. The molecule has 0 fully saturated rings. The summed E-state index contributed by atoms with van der Waals surface area (Å²) in [6.45, 7) is 6.29. The van der Waals surface area contributed by atoms with Gasteiger partial charge in [0.2, 0.25) is 0 Å². The fourth-order valence-electron chi connectivity index (χ4n) is 3.60. The van der Waals surface area contributed by atoms with Crippen LogP contribution in [0, 0.1) is 0 Å². The normalized spacial score (nSPS) is 13.9. The van der Waals surface area contributed by atoms with Crippen LogP contribution in [-0.4, -0.2) is 45.9 Å². The van der Waals surface area contributed by atoms with Gasteiger partial charge in [0, 0.05) is 0 Å². The van der Waals surface area contributed by atoms with Crippen LogP contribution < -0.4 is 9.47 Å². The Morgan fingerprint density at radius 2 is 1.19 bits per heavy atom. The molecule has 0 spiro atoms. The predicted molar refractivity (Wildman–Crippen MR) is 114 cm³/mol. The summed E-state index contributed by atoms with van der Waals surface area (Å²) in [4.78, 5) is 0. The van der Waals surface area contributed by atoms with E-state index in [9.17, 15) is 0 Å². The largest absolute Gasteiger partial charge is 0.497 e. The first-order chi connectivity index (χ1) is 12.9. The van der Waals surface area contributed by atoms with Gasteiger partial charge in [-0.15, -0.1) is 0 Å². The second-order valence-electron chi connectivity index (χ2n) is 8.23. The molecule has 0 radical (unpaired) electrons. The lowest BCUT2D eigenvalue weighted by molar-refractivity contribution is -0.870. The van der Waals surface area contributed by atoms with Crippen molar-refractivity contribution >= 4 is 0 Å². The average Bonchev–Trinajstić information content (AvgIpc) is 2.66. The maximum atomic E-state index is 5.92. The molecule has 0 aromatic heterocycles. The zero-order valence-electron chi connectivity index (χ0n) is 17.9. The molecule has 3 heteroatoms. The average molecular weight is 371 g/mol. The summed E-state index contributed by atoms with van der Waals surface area (Å²) in [6, 6.07) is 17.3. The van der Waals surface area contributed by atoms with E-state index >= 15 is 0 Å². The molecule has 148 valence electrons. The highest BCUT2D eigenvalue weighted by Crippen LogP contribution is 2.38. The van der Waals surface area contributed by atoms with Crippen molar-refractivity contribution in [2.24, 2.45) is 0 Å². The van der Waals surface area contributed by atoms with Gasteiger partial charge in [-0.25, -0.2) is 0 Å². The van der Waals surface area contributed by atoms with Gasteiger partial charge in [0.25, 0.3) is 0 Å². The molecule has 0 aliphatic rings. The maximum Gasteiger partial charge on any atom is 0.137 e. The number of ether oxygens (including phenoxy) is 2. The van der Waals surface area contributed by atoms with Crippen molar-refractivity contribution < 1.29 is 14.0 Å². The van der Waals surface area contributed by atoms with Crippen molar-refractivity contribution in [3.05, 3.63) is 59.7 Å². The standard InChI is InChI=1S/C24H36NO2/c1-7-23(19-9-13-21(26-6)14-10-19)24(8-2)20-11-15-22(16-12-20)27-18-17-25(3,4)5/h9-16,23-24H,7-8,17-18H2,1-6H3/q+1/t23-,24-/m1/s1. The van der Waals surface area contributed by atoms with Crippen LogP contribution in [0.2, 0.25) is 0 Å². The third-order valence-corrected chi connectivity index (χ3v) is 5.25. The summed E-state index contributed by atoms with van der Waals surface area (Å²) in [5.41, 5.74) is 2.77. The van der Waals surface area contributed by atoms with Crippen LogP contribution in [-0.2, 0) is 0 Å². The molecule has 0 saturated heterocycles. The molecule has 0 aliphatic heterocycles. The van der Waals surface area contributed by atoms with Gasteiger partial charge in [-0.05, 0) is 60.1 Å². The van der Waals surface area contributed by atoms with Crippen molar-refractivity contribution in [3.8, 4) is 11.5 Å². The second kappa shape index (κ2) is 9.80. The molecule has 0 amide bonds. The summed E-state index contributed by atoms with van der Waals surface area (Å²) in [5.74, 6) is 2.88. The molecule has 2 aromatic carbocycles. The van der Waals surface area contributed by atoms with Crippen LogP contribution in [0.3, 0.4) is 0 Å². The van der Waals surface area contributed by atoms with E-state index in [1.54, 1.807) is 7.11 Å². The van der Waals surface area contributed by atoms with Crippen molar-refractivity contribution in [2.45, 2.75) is 38.5 Å². The molecule has 0 unspecified atom stereocenters. The molecule has 0 aliphatic carbocycles. The summed E-state index contributed by atoms with van der Waals surface area (Å²) in [5, 5.41) is 0. The minimum atomic E-state index is 0.503. The number of likely N-dealkylation sites (N-methyl/N-ethyl adjacent to an activating group) is 1. The lowest BCUT2D eigenvalue weighted by Crippen LogP contribution is -2.38. The molecule has 0 N–H and O–H groups in total. The molecule has 2 atom stereocenters. The minimum Gasteiger partial charge on any atom is -0.497 e. The number of methoxy groups -OCH3 is 1. The molecule has 2 rings (SSSR count). The van der Waals surface area contributed by atoms with Crippen molar-refractivity contribution in [1.29, 1.82) is 0 Å². The third kappa shape index (κ3) is 6.28. The molecule has 27 heavy (non-hydrogen) atoms. The zero-order valence-corrected chi connectivity index (χ0v) is 17.9. The molecule has 2 aromatic rings. The Labute approximate surface area is 165 Å². The van der Waals surface area contributed by atoms with Crippen LogP contribution >= 0.6 is 0 Å². The molecule has 0 heterocycles. The predicted octanol–water partition coefficient (Wildman–Crippen LogP) is 5.47. The van der Waals surface area contributed by atoms with Crippen molar-refractivity contribution in [3.63, 3.8) is 0 Å². The van der Waals surface area contributed by atoms with Crippen molar-refractivity contribution in [2.75, 3.05) is 41.4 Å². The van der Waals surface area contributed by atoms with Gasteiger partial charge in [-0.1, -0.05) is 38.1 Å². The van der Waals surface area contributed by atoms with Crippen LogP contribution in [0.1, 0.15) is 49.7 Å². The first kappa shape index (κ1) is 21.3. The Balaban J connectivity index is 2.10. The van der Waals surface area contributed by atoms with Gasteiger partial charge in [0.1, 0.15) is 24.7 Å². The lowest BCUT2D eigenvalue weighted by atomic mass is 9.78. The van der Waals surface area contributed by atoms with Crippen LogP contribution in [0.5, 0.6) is 11.5 Å². The SMILES string of the molecule is CC[C@H](c1ccc(OC)cc1)[C@H](CC)c1ccc(OCC[N+](C)(C)C)cc1. The highest BCUT2D eigenvalue weighted by atomic mass is 16.5. The van der Waals surface area contributed by atoms with Crippen LogP contribution in [0.15, 0.2) is 48.5 Å². The van der Waals surface area contributed by atoms with E-state index in [-0.39, 0.29) is 0 Å². The number of hydrogen-bond donors (Lipinski definition) is 0. The van der Waals surface area contributed by atoms with Gasteiger partial charge in [-0.2, -0.15) is 0 Å². The maximum absolute atomic E-state index is 5.92. The Bertz CT molecular complexity index is 671. The van der Waals surface area contributed by atoms with E-state index in [0.717, 1.165) is 42.0 Å². The number of quaternary nitrogens is 1. The van der Waals surface area contributed by atoms with E-state index in [4.69, 9.17) is 9.47 Å². The molecule has 0 bridgehead atoms. The molecule has 3 nitrogen and oxygen atoms in total. The lowest BCUT2D eigenvalue weighted by Gasteiger charge is -2.27. The Hall–Kier alpha value is -2.00. The highest BCUT2D eigenvalue weighted by Gasteiger charge is 2.22. The van der Waals surface area contributed by atoms with Gasteiger partial charge in [-0.3, -0.25) is 0 Å². The van der Waals surface area contributed by atoms with Crippen LogP contribution in [0.4, 0.5) is 0 Å². The Morgan fingerprint density at radius 1 is 0.741 bits per heavy atom. The fraction of sp³-hybridized carbons (Fsp3) is 0.500. The number of rotatable bonds is 10. The fourth-order valence-corrected chi connectivity index (χ4v) is 3.60. The molecular weight excluding hydrogens is 334 g/mol. The van der Waals surface area contributed by atoms with E-state index < -0.39 is 0 Å². The van der Waals surface area contributed by atoms with E-state index in [1.807, 2.05) is 0 Å². The minimum absolute atomic E-state index is 0.503. The smallest absolute Gasteiger partial charge is 0.137 e. The summed E-state index contributed by atoms with van der Waals surface area (Å²) >= 11 is 0. The Morgan fingerprint density at radius 3 is 1.56 bits per heavy atom. The first-order valence-electron chi connectivity index (χ1n) is 10.0. The van der Waals surface area contributed by atoms with Gasteiger partial charge >= 0.3 is 0 Å². The van der Waals surface area contributed by atoms with E-state index in [1.165, 1.54) is 11.1 Å². The highest BCUT2D eigenvalue weighted by molar-refractivity contribution is 5.35. The third-order valence-electron chi connectivity index (χ3n) is 5.25. The second-order valence-corrected chi connectivity index (χ2v) is 8.23. The van der Waals surface area contributed by atoms with E-state index in [2.05, 4.69) is 83.5 Å². The Kier molecular flexibility index (Phi) is 7.73. The molecular formula is C24H36NO2+. The monoisotopic (exact) mass is 370 g/mol. The van der Waals surface area contributed by atoms with Gasteiger partial charge in [0.15, 0.2) is 0 Å². The number of benzene rings is 2. The van der Waals surface area contributed by atoms with Gasteiger partial charge < -0.3 is 14.0 Å². The summed E-state index contributed by atoms with van der Waals surface area (Å²) in [6.07, 6.45) is 2.23. The summed E-state index contributed by atoms with van der Waals surface area (Å²) < 4.78 is 12.1. The van der Waals surface area contributed by atoms with Crippen LogP contribution in [0.25, 0.3) is 0 Å². The zero-order chi connectivity index (χ0) is 19.9. The van der Waals surface area contributed by atoms with E-state index in [0.29, 0.717) is 11.8 Å². The molecule has 0 saturated carbocycles. The quantitative estimate of drug-likeness (QED) is 0.517. The van der Waals surface area contributed by atoms with Gasteiger partial charge in [0.05, 0.1) is 28.3 Å². The van der Waals surface area contributed by atoms with Crippen molar-refractivity contribution in [1.82, 2.24) is 0 Å². The number of nitrogens with zero attached hydrogens (tertiary/aromatic N) is 1. The summed E-state index contributed by atoms with van der Waals surface area (Å²) in [7, 11) is 8.26. The topological polar surface area (TPSA) is 18.5 Å².